The maximum Gasteiger partial charge on any atom is 0.309 e. The van der Waals surface area contributed by atoms with Crippen LogP contribution in [-0.2, 0) is 11.2 Å². The van der Waals surface area contributed by atoms with Crippen molar-refractivity contribution < 1.29 is 14.3 Å². The van der Waals surface area contributed by atoms with Gasteiger partial charge in [0.1, 0.15) is 5.82 Å². The topological polar surface area (TPSA) is 37.3 Å². The maximum absolute atomic E-state index is 14.0. The molecule has 2 nitrogen and oxygen atoms in total. The predicted octanol–water partition coefficient (Wildman–Crippen LogP) is 3.75. The van der Waals surface area contributed by atoms with Crippen molar-refractivity contribution in [3.63, 3.8) is 0 Å². The first kappa shape index (κ1) is 14.0. The average Bonchev–Trinajstić information content (AvgIpc) is 2.21. The molecule has 0 saturated carbocycles. The van der Waals surface area contributed by atoms with E-state index in [0.29, 0.717) is 21.7 Å². The van der Waals surface area contributed by atoms with E-state index < -0.39 is 11.4 Å². The number of aryl methyl sites for hydroxylation is 1. The van der Waals surface area contributed by atoms with Crippen molar-refractivity contribution in [2.24, 2.45) is 5.41 Å². The Labute approximate surface area is 105 Å². The molecule has 0 fully saturated rings. The summed E-state index contributed by atoms with van der Waals surface area (Å²) in [6.45, 7) is 6.48. The van der Waals surface area contributed by atoms with Gasteiger partial charge in [-0.05, 0) is 56.9 Å². The molecule has 1 aromatic carbocycles. The molecule has 0 saturated heterocycles. The second kappa shape index (κ2) is 4.65. The zero-order chi connectivity index (χ0) is 13.4. The SMILES string of the molecule is Cc1cc(Cl)c(C)c(CC(C)(C)C(=O)O)c1F. The molecule has 0 aliphatic rings. The Bertz CT molecular complexity index is 441. The van der Waals surface area contributed by atoms with Crippen LogP contribution in [0.1, 0.15) is 30.5 Å². The van der Waals surface area contributed by atoms with Crippen LogP contribution in [0.5, 0.6) is 0 Å². The van der Waals surface area contributed by atoms with Gasteiger partial charge in [0.2, 0.25) is 0 Å². The van der Waals surface area contributed by atoms with Crippen molar-refractivity contribution in [2.75, 3.05) is 0 Å². The Kier molecular flexibility index (Phi) is 3.82. The van der Waals surface area contributed by atoms with Gasteiger partial charge in [-0.2, -0.15) is 0 Å². The van der Waals surface area contributed by atoms with Crippen LogP contribution in [0.25, 0.3) is 0 Å². The largest absolute Gasteiger partial charge is 0.481 e. The van der Waals surface area contributed by atoms with Crippen LogP contribution in [0, 0.1) is 25.1 Å². The molecule has 0 bridgehead atoms. The van der Waals surface area contributed by atoms with E-state index in [1.54, 1.807) is 33.8 Å². The minimum atomic E-state index is -1.01. The minimum absolute atomic E-state index is 0.126. The number of benzene rings is 1. The number of halogens is 2. The number of carboxylic acids is 1. The summed E-state index contributed by atoms with van der Waals surface area (Å²) in [4.78, 5) is 11.1. The van der Waals surface area contributed by atoms with Gasteiger partial charge in [-0.15, -0.1) is 0 Å². The molecule has 0 spiro atoms. The predicted molar refractivity (Wildman–Crippen MR) is 66.0 cm³/mol. The normalized spacial score (nSPS) is 11.6. The molecule has 1 rings (SSSR count). The summed E-state index contributed by atoms with van der Waals surface area (Å²) in [6, 6.07) is 1.56. The third-order valence-corrected chi connectivity index (χ3v) is 3.36. The first-order chi connectivity index (χ1) is 7.66. The molecule has 17 heavy (non-hydrogen) atoms. The lowest BCUT2D eigenvalue weighted by molar-refractivity contribution is -0.146. The van der Waals surface area contributed by atoms with Crippen LogP contribution in [-0.4, -0.2) is 11.1 Å². The summed E-state index contributed by atoms with van der Waals surface area (Å²) < 4.78 is 14.0. The van der Waals surface area contributed by atoms with Crippen molar-refractivity contribution in [1.82, 2.24) is 0 Å². The maximum atomic E-state index is 14.0. The van der Waals surface area contributed by atoms with Crippen molar-refractivity contribution in [1.29, 1.82) is 0 Å². The van der Waals surface area contributed by atoms with Gasteiger partial charge in [0.15, 0.2) is 0 Å². The van der Waals surface area contributed by atoms with Crippen molar-refractivity contribution in [3.8, 4) is 0 Å². The monoisotopic (exact) mass is 258 g/mol. The molecular formula is C13H16ClFO2. The molecular weight excluding hydrogens is 243 g/mol. The molecule has 0 amide bonds. The average molecular weight is 259 g/mol. The molecule has 0 aliphatic heterocycles. The highest BCUT2D eigenvalue weighted by Gasteiger charge is 2.30. The third-order valence-electron chi connectivity index (χ3n) is 2.96. The van der Waals surface area contributed by atoms with E-state index in [0.717, 1.165) is 0 Å². The van der Waals surface area contributed by atoms with Gasteiger partial charge < -0.3 is 5.11 Å². The summed E-state index contributed by atoms with van der Waals surface area (Å²) >= 11 is 5.99. The molecule has 4 heteroatoms. The molecule has 0 unspecified atom stereocenters. The Morgan fingerprint density at radius 1 is 1.47 bits per heavy atom. The third kappa shape index (κ3) is 2.78. The number of rotatable bonds is 3. The molecule has 1 N–H and O–H groups in total. The summed E-state index contributed by atoms with van der Waals surface area (Å²) in [6.07, 6.45) is 0.126. The Morgan fingerprint density at radius 3 is 2.47 bits per heavy atom. The van der Waals surface area contributed by atoms with Gasteiger partial charge in [-0.25, -0.2) is 4.39 Å². The van der Waals surface area contributed by atoms with Crippen LogP contribution < -0.4 is 0 Å². The van der Waals surface area contributed by atoms with Crippen molar-refractivity contribution in [3.05, 3.63) is 33.6 Å². The summed E-state index contributed by atoms with van der Waals surface area (Å²) in [5.41, 5.74) is 0.436. The standard InChI is InChI=1S/C13H16ClFO2/c1-7-5-10(14)8(2)9(11(7)15)6-13(3,4)12(16)17/h5H,6H2,1-4H3,(H,16,17). The van der Waals surface area contributed by atoms with Crippen LogP contribution in [0.3, 0.4) is 0 Å². The fourth-order valence-corrected chi connectivity index (χ4v) is 1.91. The number of hydrogen-bond donors (Lipinski definition) is 1. The van der Waals surface area contributed by atoms with E-state index in [9.17, 15) is 9.18 Å². The molecule has 0 aliphatic carbocycles. The first-order valence-electron chi connectivity index (χ1n) is 5.34. The van der Waals surface area contributed by atoms with Gasteiger partial charge in [0.05, 0.1) is 5.41 Å². The van der Waals surface area contributed by atoms with E-state index in [4.69, 9.17) is 16.7 Å². The van der Waals surface area contributed by atoms with Crippen molar-refractivity contribution >= 4 is 17.6 Å². The van der Waals surface area contributed by atoms with Gasteiger partial charge in [-0.3, -0.25) is 4.79 Å². The lowest BCUT2D eigenvalue weighted by atomic mass is 9.83. The fourth-order valence-electron chi connectivity index (χ4n) is 1.64. The number of carbonyl (C=O) groups is 1. The van der Waals surface area contributed by atoms with Crippen LogP contribution >= 0.6 is 11.6 Å². The molecule has 0 radical (unpaired) electrons. The van der Waals surface area contributed by atoms with Crippen LogP contribution in [0.2, 0.25) is 5.02 Å². The lowest BCUT2D eigenvalue weighted by Gasteiger charge is -2.21. The van der Waals surface area contributed by atoms with E-state index in [1.165, 1.54) is 0 Å². The van der Waals surface area contributed by atoms with Gasteiger partial charge in [0, 0.05) is 5.02 Å². The highest BCUT2D eigenvalue weighted by molar-refractivity contribution is 6.31. The Morgan fingerprint density at radius 2 is 2.00 bits per heavy atom. The van der Waals surface area contributed by atoms with Crippen LogP contribution in [0.4, 0.5) is 4.39 Å². The smallest absolute Gasteiger partial charge is 0.309 e. The summed E-state index contributed by atoms with van der Waals surface area (Å²) in [7, 11) is 0. The van der Waals surface area contributed by atoms with Gasteiger partial charge in [-0.1, -0.05) is 11.6 Å². The molecule has 0 aromatic heterocycles. The van der Waals surface area contributed by atoms with Crippen molar-refractivity contribution in [2.45, 2.75) is 34.1 Å². The zero-order valence-electron chi connectivity index (χ0n) is 10.4. The van der Waals surface area contributed by atoms with E-state index in [-0.39, 0.29) is 12.2 Å². The molecule has 0 heterocycles. The number of hydrogen-bond acceptors (Lipinski definition) is 1. The molecule has 94 valence electrons. The number of carboxylic acid groups (broad SMARTS) is 1. The Balaban J connectivity index is 3.28. The second-order valence-electron chi connectivity index (χ2n) is 4.96. The minimum Gasteiger partial charge on any atom is -0.481 e. The van der Waals surface area contributed by atoms with E-state index >= 15 is 0 Å². The molecule has 0 atom stereocenters. The summed E-state index contributed by atoms with van der Waals surface area (Å²) in [5.74, 6) is -1.31. The van der Waals surface area contributed by atoms with Crippen LogP contribution in [0.15, 0.2) is 6.07 Å². The zero-order valence-corrected chi connectivity index (χ0v) is 11.2. The highest BCUT2D eigenvalue weighted by atomic mass is 35.5. The quantitative estimate of drug-likeness (QED) is 0.897. The number of aliphatic carboxylic acids is 1. The first-order valence-corrected chi connectivity index (χ1v) is 5.72. The van der Waals surface area contributed by atoms with Gasteiger partial charge in [0.25, 0.3) is 0 Å². The summed E-state index contributed by atoms with van der Waals surface area (Å²) in [5, 5.41) is 9.54. The lowest BCUT2D eigenvalue weighted by Crippen LogP contribution is -2.27. The Hall–Kier alpha value is -1.09. The second-order valence-corrected chi connectivity index (χ2v) is 5.37. The molecule has 1 aromatic rings. The highest BCUT2D eigenvalue weighted by Crippen LogP contribution is 2.31. The fraction of sp³-hybridized carbons (Fsp3) is 0.462. The van der Waals surface area contributed by atoms with E-state index in [2.05, 4.69) is 0 Å². The van der Waals surface area contributed by atoms with E-state index in [1.807, 2.05) is 0 Å². The van der Waals surface area contributed by atoms with Gasteiger partial charge >= 0.3 is 5.97 Å².